The van der Waals surface area contributed by atoms with Crippen LogP contribution in [0.15, 0.2) is 0 Å². The minimum atomic E-state index is -0.170. The number of nitrogens with zero attached hydrogens (tertiary/aromatic N) is 2. The van der Waals surface area contributed by atoms with Gasteiger partial charge in [-0.05, 0) is 32.6 Å². The maximum absolute atomic E-state index is 12.2. The number of rotatable bonds is 6. The Morgan fingerprint density at radius 3 is 2.90 bits per heavy atom. The molecule has 1 atom stereocenters. The van der Waals surface area contributed by atoms with Gasteiger partial charge in [0.2, 0.25) is 0 Å². The van der Waals surface area contributed by atoms with Crippen molar-refractivity contribution in [2.75, 3.05) is 30.3 Å². The SMILES string of the molecule is CC(CCCO)NC(=O)c1sc(N2CCCC2)nc1N. The second-order valence-electron chi connectivity index (χ2n) is 5.15. The average Bonchev–Trinajstić information content (AvgIpc) is 3.04. The molecule has 0 aromatic carbocycles. The highest BCUT2D eigenvalue weighted by Crippen LogP contribution is 2.30. The summed E-state index contributed by atoms with van der Waals surface area (Å²) in [6.45, 7) is 4.04. The van der Waals surface area contributed by atoms with Gasteiger partial charge in [-0.3, -0.25) is 4.79 Å². The first-order valence-electron chi connectivity index (χ1n) is 7.04. The van der Waals surface area contributed by atoms with Gasteiger partial charge in [0.1, 0.15) is 10.7 Å². The minimum absolute atomic E-state index is 0.0198. The van der Waals surface area contributed by atoms with Gasteiger partial charge in [-0.15, -0.1) is 0 Å². The van der Waals surface area contributed by atoms with Crippen molar-refractivity contribution in [1.29, 1.82) is 0 Å². The van der Waals surface area contributed by atoms with Crippen LogP contribution in [-0.4, -0.2) is 41.7 Å². The summed E-state index contributed by atoms with van der Waals surface area (Å²) in [6.07, 6.45) is 3.76. The third kappa shape index (κ3) is 3.61. The Morgan fingerprint density at radius 2 is 2.25 bits per heavy atom. The Balaban J connectivity index is 1.98. The number of nitrogens with one attached hydrogen (secondary N) is 1. The molecular weight excluding hydrogens is 276 g/mol. The van der Waals surface area contributed by atoms with Gasteiger partial charge in [-0.1, -0.05) is 11.3 Å². The number of carbonyl (C=O) groups excluding carboxylic acids is 1. The topological polar surface area (TPSA) is 91.5 Å². The van der Waals surface area contributed by atoms with E-state index < -0.39 is 0 Å². The minimum Gasteiger partial charge on any atom is -0.396 e. The molecule has 1 fully saturated rings. The molecule has 2 rings (SSSR count). The van der Waals surface area contributed by atoms with Crippen molar-refractivity contribution >= 4 is 28.2 Å². The van der Waals surface area contributed by atoms with Crippen LogP contribution < -0.4 is 16.0 Å². The van der Waals surface area contributed by atoms with Crippen LogP contribution in [0, 0.1) is 0 Å². The fraction of sp³-hybridized carbons (Fsp3) is 0.692. The van der Waals surface area contributed by atoms with Gasteiger partial charge in [-0.2, -0.15) is 0 Å². The predicted octanol–water partition coefficient (Wildman–Crippen LogP) is 1.22. The van der Waals surface area contributed by atoms with Gasteiger partial charge in [0.15, 0.2) is 5.13 Å². The first kappa shape index (κ1) is 15.1. The van der Waals surface area contributed by atoms with Crippen LogP contribution in [-0.2, 0) is 0 Å². The zero-order valence-electron chi connectivity index (χ0n) is 11.8. The van der Waals surface area contributed by atoms with E-state index in [9.17, 15) is 4.79 Å². The standard InChI is InChI=1S/C13H22N4O2S/c1-9(5-4-8-18)15-12(19)10-11(14)16-13(20-10)17-6-2-3-7-17/h9,18H,2-8,14H2,1H3,(H,15,19). The van der Waals surface area contributed by atoms with Crippen LogP contribution >= 0.6 is 11.3 Å². The molecule has 1 aliphatic rings. The van der Waals surface area contributed by atoms with E-state index in [-0.39, 0.29) is 18.6 Å². The van der Waals surface area contributed by atoms with Gasteiger partial charge >= 0.3 is 0 Å². The third-order valence-electron chi connectivity index (χ3n) is 3.40. The molecular formula is C13H22N4O2S. The summed E-state index contributed by atoms with van der Waals surface area (Å²) in [5.74, 6) is 0.139. The number of anilines is 2. The lowest BCUT2D eigenvalue weighted by atomic mass is 10.2. The van der Waals surface area contributed by atoms with Gasteiger partial charge in [-0.25, -0.2) is 4.98 Å². The monoisotopic (exact) mass is 298 g/mol. The molecule has 1 amide bonds. The number of aliphatic hydroxyl groups is 1. The summed E-state index contributed by atoms with van der Waals surface area (Å²) in [5, 5.41) is 12.5. The Bertz CT molecular complexity index is 457. The second kappa shape index (κ2) is 6.90. The quantitative estimate of drug-likeness (QED) is 0.734. The van der Waals surface area contributed by atoms with Crippen molar-refractivity contribution in [2.45, 2.75) is 38.6 Å². The summed E-state index contributed by atoms with van der Waals surface area (Å²) in [7, 11) is 0. The third-order valence-corrected chi connectivity index (χ3v) is 4.53. The van der Waals surface area contributed by atoms with Crippen LogP contribution in [0.2, 0.25) is 0 Å². The Kier molecular flexibility index (Phi) is 5.19. The molecule has 1 aromatic heterocycles. The van der Waals surface area contributed by atoms with Crippen LogP contribution in [0.1, 0.15) is 42.3 Å². The van der Waals surface area contributed by atoms with E-state index >= 15 is 0 Å². The number of amides is 1. The van der Waals surface area contributed by atoms with Gasteiger partial charge in [0, 0.05) is 25.7 Å². The first-order valence-corrected chi connectivity index (χ1v) is 7.86. The maximum atomic E-state index is 12.2. The van der Waals surface area contributed by atoms with Crippen molar-refractivity contribution in [3.05, 3.63) is 4.88 Å². The number of hydrogen-bond acceptors (Lipinski definition) is 6. The summed E-state index contributed by atoms with van der Waals surface area (Å²) in [6, 6.07) is 0.0198. The molecule has 20 heavy (non-hydrogen) atoms. The van der Waals surface area contributed by atoms with Gasteiger partial charge in [0.25, 0.3) is 5.91 Å². The zero-order chi connectivity index (χ0) is 14.5. The van der Waals surface area contributed by atoms with Crippen LogP contribution in [0.25, 0.3) is 0 Å². The summed E-state index contributed by atoms with van der Waals surface area (Å²) in [4.78, 5) is 19.1. The smallest absolute Gasteiger partial charge is 0.265 e. The molecule has 4 N–H and O–H groups in total. The summed E-state index contributed by atoms with van der Waals surface area (Å²) in [5.41, 5.74) is 5.86. The molecule has 0 saturated carbocycles. The van der Waals surface area contributed by atoms with Crippen LogP contribution in [0.4, 0.5) is 10.9 Å². The lowest BCUT2D eigenvalue weighted by Gasteiger charge is -2.13. The molecule has 0 bridgehead atoms. The van der Waals surface area contributed by atoms with Crippen molar-refractivity contribution in [3.8, 4) is 0 Å². The van der Waals surface area contributed by atoms with Gasteiger partial charge < -0.3 is 21.1 Å². The van der Waals surface area contributed by atoms with E-state index in [2.05, 4.69) is 15.2 Å². The van der Waals surface area contributed by atoms with E-state index in [0.717, 1.165) is 24.6 Å². The van der Waals surface area contributed by atoms with Crippen LogP contribution in [0.5, 0.6) is 0 Å². The molecule has 6 nitrogen and oxygen atoms in total. The highest BCUT2D eigenvalue weighted by atomic mass is 32.1. The molecule has 0 spiro atoms. The summed E-state index contributed by atoms with van der Waals surface area (Å²) >= 11 is 1.36. The summed E-state index contributed by atoms with van der Waals surface area (Å²) < 4.78 is 0. The van der Waals surface area contributed by atoms with E-state index in [0.29, 0.717) is 17.1 Å². The number of carbonyl (C=O) groups is 1. The van der Waals surface area contributed by atoms with E-state index in [1.54, 1.807) is 0 Å². The number of aliphatic hydroxyl groups excluding tert-OH is 1. The lowest BCUT2D eigenvalue weighted by molar-refractivity contribution is 0.0941. The molecule has 1 saturated heterocycles. The normalized spacial score (nSPS) is 16.4. The molecule has 2 heterocycles. The largest absolute Gasteiger partial charge is 0.396 e. The lowest BCUT2D eigenvalue weighted by Crippen LogP contribution is -2.32. The number of nitrogen functional groups attached to an aromatic ring is 1. The number of thiazole rings is 1. The number of hydrogen-bond donors (Lipinski definition) is 3. The predicted molar refractivity (Wildman–Crippen MR) is 81.2 cm³/mol. The second-order valence-corrected chi connectivity index (χ2v) is 6.12. The van der Waals surface area contributed by atoms with E-state index in [1.165, 1.54) is 24.2 Å². The number of nitrogens with two attached hydrogens (primary N) is 1. The molecule has 0 aliphatic carbocycles. The Hall–Kier alpha value is -1.34. The molecule has 1 aromatic rings. The molecule has 0 radical (unpaired) electrons. The Labute approximate surface area is 123 Å². The Morgan fingerprint density at radius 1 is 1.55 bits per heavy atom. The fourth-order valence-corrected chi connectivity index (χ4v) is 3.23. The highest BCUT2D eigenvalue weighted by Gasteiger charge is 2.22. The molecule has 1 unspecified atom stereocenters. The fourth-order valence-electron chi connectivity index (χ4n) is 2.29. The van der Waals surface area contributed by atoms with Crippen molar-refractivity contribution in [2.24, 2.45) is 0 Å². The maximum Gasteiger partial charge on any atom is 0.265 e. The highest BCUT2D eigenvalue weighted by molar-refractivity contribution is 7.18. The number of aromatic nitrogens is 1. The molecule has 112 valence electrons. The van der Waals surface area contributed by atoms with Crippen molar-refractivity contribution in [3.63, 3.8) is 0 Å². The average molecular weight is 298 g/mol. The van der Waals surface area contributed by atoms with Crippen LogP contribution in [0.3, 0.4) is 0 Å². The van der Waals surface area contributed by atoms with Gasteiger partial charge in [0.05, 0.1) is 0 Å². The zero-order valence-corrected chi connectivity index (χ0v) is 12.6. The van der Waals surface area contributed by atoms with Crippen molar-refractivity contribution < 1.29 is 9.90 Å². The van der Waals surface area contributed by atoms with E-state index in [1.807, 2.05) is 6.92 Å². The van der Waals surface area contributed by atoms with E-state index in [4.69, 9.17) is 10.8 Å². The first-order chi connectivity index (χ1) is 9.61. The van der Waals surface area contributed by atoms with Crippen molar-refractivity contribution in [1.82, 2.24) is 10.3 Å². The molecule has 7 heteroatoms. The molecule has 1 aliphatic heterocycles.